The zero-order valence-electron chi connectivity index (χ0n) is 12.2. The maximum atomic E-state index is 13.8. The molecule has 0 heterocycles. The molecule has 1 rings (SSSR count). The van der Waals surface area contributed by atoms with E-state index in [1.807, 2.05) is 0 Å². The lowest BCUT2D eigenvalue weighted by atomic mass is 9.97. The second-order valence-electron chi connectivity index (χ2n) is 5.47. The van der Waals surface area contributed by atoms with Crippen LogP contribution in [0.5, 0.6) is 0 Å². The number of benzene rings is 1. The van der Waals surface area contributed by atoms with E-state index in [0.717, 1.165) is 32.2 Å². The highest BCUT2D eigenvalue weighted by atomic mass is 19.1. The molecule has 0 aromatic heterocycles. The Balaban J connectivity index is 2.77. The highest BCUT2D eigenvalue weighted by Crippen LogP contribution is 2.25. The monoisotopic (exact) mass is 269 g/mol. The van der Waals surface area contributed by atoms with Gasteiger partial charge in [0.05, 0.1) is 0 Å². The standard InChI is InChI=1S/C16H25F2N/c1-4-11-19-15(10-5-7-12(2)3)16-13(17)8-6-9-14(16)18/h6,8-9,12,15,19H,4-5,7,10-11H2,1-3H3. The molecule has 1 atom stereocenters. The van der Waals surface area contributed by atoms with E-state index in [1.54, 1.807) is 0 Å². The van der Waals surface area contributed by atoms with Crippen molar-refractivity contribution in [3.63, 3.8) is 0 Å². The van der Waals surface area contributed by atoms with Crippen molar-refractivity contribution in [2.24, 2.45) is 5.92 Å². The van der Waals surface area contributed by atoms with Crippen molar-refractivity contribution in [1.29, 1.82) is 0 Å². The minimum atomic E-state index is -0.446. The van der Waals surface area contributed by atoms with Gasteiger partial charge in [0.25, 0.3) is 0 Å². The Bertz CT molecular complexity index is 357. The van der Waals surface area contributed by atoms with Gasteiger partial charge in [-0.05, 0) is 37.4 Å². The Morgan fingerprint density at radius 1 is 1.11 bits per heavy atom. The van der Waals surface area contributed by atoms with E-state index in [9.17, 15) is 8.78 Å². The summed E-state index contributed by atoms with van der Waals surface area (Å²) in [5.41, 5.74) is 0.194. The van der Waals surface area contributed by atoms with Crippen molar-refractivity contribution in [3.8, 4) is 0 Å². The second-order valence-corrected chi connectivity index (χ2v) is 5.47. The molecule has 0 saturated heterocycles. The van der Waals surface area contributed by atoms with Gasteiger partial charge in [0.15, 0.2) is 0 Å². The summed E-state index contributed by atoms with van der Waals surface area (Å²) in [4.78, 5) is 0. The average Bonchev–Trinajstić information content (AvgIpc) is 2.34. The van der Waals surface area contributed by atoms with Crippen LogP contribution in [0.25, 0.3) is 0 Å². The molecule has 0 aliphatic rings. The molecule has 1 N–H and O–H groups in total. The summed E-state index contributed by atoms with van der Waals surface area (Å²) in [5.74, 6) is -0.270. The molecule has 1 aromatic carbocycles. The fourth-order valence-corrected chi connectivity index (χ4v) is 2.24. The minimum Gasteiger partial charge on any atom is -0.310 e. The normalized spacial score (nSPS) is 12.9. The molecule has 0 radical (unpaired) electrons. The quantitative estimate of drug-likeness (QED) is 0.712. The van der Waals surface area contributed by atoms with E-state index in [4.69, 9.17) is 0 Å². The molecular formula is C16H25F2N. The molecule has 1 unspecified atom stereocenters. The van der Waals surface area contributed by atoms with Gasteiger partial charge in [-0.15, -0.1) is 0 Å². The molecule has 0 fully saturated rings. The first-order valence-corrected chi connectivity index (χ1v) is 7.23. The SMILES string of the molecule is CCCNC(CCCC(C)C)c1c(F)cccc1F. The molecule has 3 heteroatoms. The van der Waals surface area contributed by atoms with Crippen molar-refractivity contribution < 1.29 is 8.78 Å². The molecule has 0 bridgehead atoms. The van der Waals surface area contributed by atoms with E-state index in [2.05, 4.69) is 26.1 Å². The van der Waals surface area contributed by atoms with Crippen LogP contribution < -0.4 is 5.32 Å². The second kappa shape index (κ2) is 8.26. The van der Waals surface area contributed by atoms with E-state index >= 15 is 0 Å². The van der Waals surface area contributed by atoms with Gasteiger partial charge in [-0.3, -0.25) is 0 Å². The Hall–Kier alpha value is -0.960. The minimum absolute atomic E-state index is 0.194. The first-order valence-electron chi connectivity index (χ1n) is 7.23. The summed E-state index contributed by atoms with van der Waals surface area (Å²) in [6, 6.07) is 3.86. The number of hydrogen-bond acceptors (Lipinski definition) is 1. The molecule has 108 valence electrons. The summed E-state index contributed by atoms with van der Waals surface area (Å²) in [6.45, 7) is 7.16. The molecule has 0 spiro atoms. The molecule has 0 saturated carbocycles. The van der Waals surface area contributed by atoms with Crippen molar-refractivity contribution in [2.45, 2.75) is 52.5 Å². The highest BCUT2D eigenvalue weighted by Gasteiger charge is 2.19. The average molecular weight is 269 g/mol. The van der Waals surface area contributed by atoms with Gasteiger partial charge >= 0.3 is 0 Å². The van der Waals surface area contributed by atoms with Crippen LogP contribution in [0.3, 0.4) is 0 Å². The summed E-state index contributed by atoms with van der Waals surface area (Å²) in [6.07, 6.45) is 3.79. The number of nitrogens with one attached hydrogen (secondary N) is 1. The van der Waals surface area contributed by atoms with Crippen LogP contribution in [0.4, 0.5) is 8.78 Å². The van der Waals surface area contributed by atoms with Gasteiger partial charge < -0.3 is 5.32 Å². The number of rotatable bonds is 8. The molecule has 0 aliphatic heterocycles. The first-order chi connectivity index (χ1) is 9.06. The topological polar surface area (TPSA) is 12.0 Å². The van der Waals surface area contributed by atoms with Crippen molar-refractivity contribution >= 4 is 0 Å². The van der Waals surface area contributed by atoms with Gasteiger partial charge in [0.1, 0.15) is 11.6 Å². The Morgan fingerprint density at radius 2 is 1.74 bits per heavy atom. The fourth-order valence-electron chi connectivity index (χ4n) is 2.24. The number of hydrogen-bond donors (Lipinski definition) is 1. The van der Waals surface area contributed by atoms with Crippen LogP contribution in [0, 0.1) is 17.6 Å². The molecule has 0 aliphatic carbocycles. The predicted octanol–water partition coefficient (Wildman–Crippen LogP) is 4.83. The van der Waals surface area contributed by atoms with Gasteiger partial charge in [-0.2, -0.15) is 0 Å². The van der Waals surface area contributed by atoms with E-state index in [-0.39, 0.29) is 11.6 Å². The van der Waals surface area contributed by atoms with Gasteiger partial charge in [0, 0.05) is 11.6 Å². The lowest BCUT2D eigenvalue weighted by Crippen LogP contribution is -2.24. The maximum absolute atomic E-state index is 13.8. The van der Waals surface area contributed by atoms with Crippen molar-refractivity contribution in [2.75, 3.05) is 6.54 Å². The lowest BCUT2D eigenvalue weighted by Gasteiger charge is -2.20. The zero-order valence-corrected chi connectivity index (χ0v) is 12.2. The highest BCUT2D eigenvalue weighted by molar-refractivity contribution is 5.23. The van der Waals surface area contributed by atoms with Crippen LogP contribution in [0.15, 0.2) is 18.2 Å². The summed E-state index contributed by atoms with van der Waals surface area (Å²) >= 11 is 0. The Kier molecular flexibility index (Phi) is 7.00. The number of halogens is 2. The van der Waals surface area contributed by atoms with Crippen LogP contribution >= 0.6 is 0 Å². The smallest absolute Gasteiger partial charge is 0.130 e. The van der Waals surface area contributed by atoms with Crippen LogP contribution in [-0.4, -0.2) is 6.54 Å². The van der Waals surface area contributed by atoms with E-state index in [0.29, 0.717) is 5.92 Å². The first kappa shape index (κ1) is 16.1. The van der Waals surface area contributed by atoms with Gasteiger partial charge in [-0.1, -0.05) is 39.7 Å². The summed E-state index contributed by atoms with van der Waals surface area (Å²) in [7, 11) is 0. The van der Waals surface area contributed by atoms with Crippen molar-refractivity contribution in [1.82, 2.24) is 5.32 Å². The third-order valence-electron chi connectivity index (χ3n) is 3.26. The third-order valence-corrected chi connectivity index (χ3v) is 3.26. The van der Waals surface area contributed by atoms with Gasteiger partial charge in [-0.25, -0.2) is 8.78 Å². The molecule has 0 amide bonds. The summed E-state index contributed by atoms with van der Waals surface area (Å²) < 4.78 is 27.7. The Labute approximate surface area is 115 Å². The molecule has 1 nitrogen and oxygen atoms in total. The van der Waals surface area contributed by atoms with Crippen LogP contribution in [0.2, 0.25) is 0 Å². The molecule has 19 heavy (non-hydrogen) atoms. The molecular weight excluding hydrogens is 244 g/mol. The van der Waals surface area contributed by atoms with Crippen LogP contribution in [-0.2, 0) is 0 Å². The molecule has 1 aromatic rings. The predicted molar refractivity (Wildman–Crippen MR) is 76.1 cm³/mol. The summed E-state index contributed by atoms with van der Waals surface area (Å²) in [5, 5.41) is 3.26. The van der Waals surface area contributed by atoms with Crippen molar-refractivity contribution in [3.05, 3.63) is 35.4 Å². The van der Waals surface area contributed by atoms with Crippen LogP contribution in [0.1, 0.15) is 58.1 Å². The fraction of sp³-hybridized carbons (Fsp3) is 0.625. The van der Waals surface area contributed by atoms with E-state index in [1.165, 1.54) is 18.2 Å². The zero-order chi connectivity index (χ0) is 14.3. The van der Waals surface area contributed by atoms with Gasteiger partial charge in [0.2, 0.25) is 0 Å². The maximum Gasteiger partial charge on any atom is 0.130 e. The lowest BCUT2D eigenvalue weighted by molar-refractivity contribution is 0.417. The van der Waals surface area contributed by atoms with E-state index < -0.39 is 11.6 Å². The largest absolute Gasteiger partial charge is 0.310 e. The third kappa shape index (κ3) is 5.27. The Morgan fingerprint density at radius 3 is 2.26 bits per heavy atom.